The second kappa shape index (κ2) is 6.50. The van der Waals surface area contributed by atoms with Gasteiger partial charge in [-0.25, -0.2) is 9.97 Å². The number of aryl methyl sites for hydroxylation is 2. The van der Waals surface area contributed by atoms with Gasteiger partial charge in [0.05, 0.1) is 5.92 Å². The molecule has 0 aliphatic heterocycles. The molecule has 5 heteroatoms. The van der Waals surface area contributed by atoms with Gasteiger partial charge >= 0.3 is 5.97 Å². The molecule has 0 bridgehead atoms. The normalized spacial score (nSPS) is 12.3. The fraction of sp³-hybridized carbons (Fsp3) is 0.643. The van der Waals surface area contributed by atoms with Gasteiger partial charge in [0.1, 0.15) is 0 Å². The standard InChI is InChI=1S/C14H23N3O2/c1-6-17(7-2)14-15-10(4)12(11(5)16-14)8-9(3)13(18)19/h9H,6-8H2,1-5H3,(H,18,19). The van der Waals surface area contributed by atoms with E-state index in [2.05, 4.69) is 28.7 Å². The Balaban J connectivity index is 3.07. The van der Waals surface area contributed by atoms with Crippen LogP contribution in [0.1, 0.15) is 37.7 Å². The largest absolute Gasteiger partial charge is 0.481 e. The zero-order chi connectivity index (χ0) is 14.6. The molecule has 0 radical (unpaired) electrons. The molecule has 1 rings (SSSR count). The molecule has 5 nitrogen and oxygen atoms in total. The highest BCUT2D eigenvalue weighted by Gasteiger charge is 2.17. The number of aliphatic carboxylic acids is 1. The number of rotatable bonds is 6. The van der Waals surface area contributed by atoms with Crippen LogP contribution < -0.4 is 4.90 Å². The van der Waals surface area contributed by atoms with Crippen molar-refractivity contribution >= 4 is 11.9 Å². The van der Waals surface area contributed by atoms with E-state index in [1.807, 2.05) is 13.8 Å². The summed E-state index contributed by atoms with van der Waals surface area (Å²) in [6.45, 7) is 11.4. The summed E-state index contributed by atoms with van der Waals surface area (Å²) in [6.07, 6.45) is 0.478. The van der Waals surface area contributed by atoms with Gasteiger partial charge in [-0.05, 0) is 39.7 Å². The van der Waals surface area contributed by atoms with Crippen LogP contribution >= 0.6 is 0 Å². The van der Waals surface area contributed by atoms with E-state index in [0.717, 1.165) is 36.0 Å². The minimum Gasteiger partial charge on any atom is -0.481 e. The number of nitrogens with zero attached hydrogens (tertiary/aromatic N) is 3. The van der Waals surface area contributed by atoms with Crippen molar-refractivity contribution in [2.24, 2.45) is 5.92 Å². The van der Waals surface area contributed by atoms with Gasteiger partial charge in [-0.2, -0.15) is 0 Å². The van der Waals surface area contributed by atoms with Crippen LogP contribution in [0.3, 0.4) is 0 Å². The van der Waals surface area contributed by atoms with Crippen molar-refractivity contribution in [2.45, 2.75) is 41.0 Å². The summed E-state index contributed by atoms with van der Waals surface area (Å²) >= 11 is 0. The van der Waals surface area contributed by atoms with Crippen LogP contribution in [0, 0.1) is 19.8 Å². The summed E-state index contributed by atoms with van der Waals surface area (Å²) < 4.78 is 0. The SMILES string of the molecule is CCN(CC)c1nc(C)c(CC(C)C(=O)O)c(C)n1. The zero-order valence-electron chi connectivity index (χ0n) is 12.4. The third-order valence-electron chi connectivity index (χ3n) is 3.39. The number of hydrogen-bond acceptors (Lipinski definition) is 4. The first-order chi connectivity index (χ1) is 8.90. The minimum atomic E-state index is -0.786. The Morgan fingerprint density at radius 2 is 1.68 bits per heavy atom. The minimum absolute atomic E-state index is 0.416. The molecule has 19 heavy (non-hydrogen) atoms. The van der Waals surface area contributed by atoms with Gasteiger partial charge in [0, 0.05) is 24.5 Å². The molecule has 1 unspecified atom stereocenters. The van der Waals surface area contributed by atoms with Crippen molar-refractivity contribution in [3.8, 4) is 0 Å². The zero-order valence-corrected chi connectivity index (χ0v) is 12.4. The van der Waals surface area contributed by atoms with Gasteiger partial charge < -0.3 is 10.0 Å². The lowest BCUT2D eigenvalue weighted by atomic mass is 9.99. The van der Waals surface area contributed by atoms with Crippen molar-refractivity contribution in [1.29, 1.82) is 0 Å². The summed E-state index contributed by atoms with van der Waals surface area (Å²) in [5, 5.41) is 8.99. The Kier molecular flexibility index (Phi) is 5.27. The Morgan fingerprint density at radius 3 is 2.05 bits per heavy atom. The summed E-state index contributed by atoms with van der Waals surface area (Å²) in [6, 6.07) is 0. The van der Waals surface area contributed by atoms with Gasteiger partial charge in [-0.15, -0.1) is 0 Å². The second-order valence-corrected chi connectivity index (χ2v) is 4.79. The molecule has 0 saturated carbocycles. The van der Waals surface area contributed by atoms with Gasteiger partial charge in [0.15, 0.2) is 0 Å². The van der Waals surface area contributed by atoms with Crippen molar-refractivity contribution in [3.05, 3.63) is 17.0 Å². The molecule has 0 amide bonds. The average molecular weight is 265 g/mol. The molecule has 0 aromatic carbocycles. The topological polar surface area (TPSA) is 66.3 Å². The lowest BCUT2D eigenvalue weighted by Crippen LogP contribution is -2.25. The Morgan fingerprint density at radius 1 is 1.21 bits per heavy atom. The summed E-state index contributed by atoms with van der Waals surface area (Å²) in [5.41, 5.74) is 2.70. The monoisotopic (exact) mass is 265 g/mol. The van der Waals surface area contributed by atoms with E-state index in [9.17, 15) is 4.79 Å². The fourth-order valence-electron chi connectivity index (χ4n) is 2.06. The van der Waals surface area contributed by atoms with E-state index in [1.54, 1.807) is 6.92 Å². The maximum Gasteiger partial charge on any atom is 0.306 e. The highest BCUT2D eigenvalue weighted by atomic mass is 16.4. The number of carboxylic acid groups (broad SMARTS) is 1. The third kappa shape index (κ3) is 3.66. The van der Waals surface area contributed by atoms with Gasteiger partial charge in [0.2, 0.25) is 5.95 Å². The van der Waals surface area contributed by atoms with Crippen molar-refractivity contribution in [2.75, 3.05) is 18.0 Å². The van der Waals surface area contributed by atoms with E-state index in [4.69, 9.17) is 5.11 Å². The molecule has 1 heterocycles. The van der Waals surface area contributed by atoms with E-state index < -0.39 is 11.9 Å². The molecule has 1 N–H and O–H groups in total. The molecule has 0 aliphatic carbocycles. The Hall–Kier alpha value is -1.65. The molecular formula is C14H23N3O2. The highest BCUT2D eigenvalue weighted by molar-refractivity contribution is 5.70. The molecule has 0 spiro atoms. The molecule has 1 atom stereocenters. The van der Waals surface area contributed by atoms with Crippen LogP contribution in [-0.4, -0.2) is 34.1 Å². The number of carbonyl (C=O) groups is 1. The lowest BCUT2D eigenvalue weighted by molar-refractivity contribution is -0.141. The van der Waals surface area contributed by atoms with E-state index in [1.165, 1.54) is 0 Å². The molecule has 106 valence electrons. The van der Waals surface area contributed by atoms with Gasteiger partial charge in [-0.1, -0.05) is 6.92 Å². The van der Waals surface area contributed by atoms with Crippen LogP contribution in [0.25, 0.3) is 0 Å². The molecule has 1 aromatic rings. The van der Waals surface area contributed by atoms with Crippen molar-refractivity contribution < 1.29 is 9.90 Å². The van der Waals surface area contributed by atoms with Gasteiger partial charge in [-0.3, -0.25) is 4.79 Å². The van der Waals surface area contributed by atoms with E-state index >= 15 is 0 Å². The summed E-state index contributed by atoms with van der Waals surface area (Å²) in [5.74, 6) is -0.473. The molecule has 0 aliphatic rings. The summed E-state index contributed by atoms with van der Waals surface area (Å²) in [4.78, 5) is 22.1. The van der Waals surface area contributed by atoms with Crippen LogP contribution in [0.4, 0.5) is 5.95 Å². The first kappa shape index (κ1) is 15.4. The predicted octanol–water partition coefficient (Wildman–Crippen LogP) is 2.20. The van der Waals surface area contributed by atoms with Crippen LogP contribution in [-0.2, 0) is 11.2 Å². The van der Waals surface area contributed by atoms with E-state index in [-0.39, 0.29) is 0 Å². The Labute approximate surface area is 114 Å². The molecular weight excluding hydrogens is 242 g/mol. The predicted molar refractivity (Wildman–Crippen MR) is 75.6 cm³/mol. The number of anilines is 1. The lowest BCUT2D eigenvalue weighted by Gasteiger charge is -2.21. The Bertz CT molecular complexity index is 433. The first-order valence-electron chi connectivity index (χ1n) is 6.72. The number of aromatic nitrogens is 2. The smallest absolute Gasteiger partial charge is 0.306 e. The van der Waals surface area contributed by atoms with Crippen LogP contribution in [0.2, 0.25) is 0 Å². The maximum absolute atomic E-state index is 10.9. The van der Waals surface area contributed by atoms with Crippen LogP contribution in [0.15, 0.2) is 0 Å². The first-order valence-corrected chi connectivity index (χ1v) is 6.72. The number of hydrogen-bond donors (Lipinski definition) is 1. The van der Waals surface area contributed by atoms with E-state index in [0.29, 0.717) is 6.42 Å². The molecule has 1 aromatic heterocycles. The highest BCUT2D eigenvalue weighted by Crippen LogP contribution is 2.19. The van der Waals surface area contributed by atoms with Gasteiger partial charge in [0.25, 0.3) is 0 Å². The maximum atomic E-state index is 10.9. The average Bonchev–Trinajstić information content (AvgIpc) is 2.34. The fourth-order valence-corrected chi connectivity index (χ4v) is 2.06. The second-order valence-electron chi connectivity index (χ2n) is 4.79. The van der Waals surface area contributed by atoms with Crippen molar-refractivity contribution in [1.82, 2.24) is 9.97 Å². The molecule has 0 saturated heterocycles. The molecule has 0 fully saturated rings. The third-order valence-corrected chi connectivity index (χ3v) is 3.39. The van der Waals surface area contributed by atoms with Crippen LogP contribution in [0.5, 0.6) is 0 Å². The van der Waals surface area contributed by atoms with Crippen molar-refractivity contribution in [3.63, 3.8) is 0 Å². The quantitative estimate of drug-likeness (QED) is 0.854. The summed E-state index contributed by atoms with van der Waals surface area (Å²) in [7, 11) is 0. The number of carboxylic acids is 1.